The molecule has 1 rings (SSSR count). The Morgan fingerprint density at radius 2 is 1.89 bits per heavy atom. The maximum atomic E-state index is 11.3. The summed E-state index contributed by atoms with van der Waals surface area (Å²) in [7, 11) is -3.09. The Balaban J connectivity index is 2.59. The molecule has 0 aliphatic carbocycles. The molecular weight excluding hydrogens is 284 g/mol. The molecule has 0 amide bonds. The molecule has 0 heterocycles. The van der Waals surface area contributed by atoms with Crippen LogP contribution in [0.3, 0.4) is 0 Å². The van der Waals surface area contributed by atoms with Gasteiger partial charge in [0.05, 0.1) is 4.90 Å². The van der Waals surface area contributed by atoms with E-state index in [1.54, 1.807) is 23.9 Å². The summed E-state index contributed by atoms with van der Waals surface area (Å²) in [5.74, 6) is 2.57. The second-order valence-corrected chi connectivity index (χ2v) is 7.87. The van der Waals surface area contributed by atoms with Crippen LogP contribution in [0.1, 0.15) is 19.8 Å². The number of thioether (sulfide) groups is 1. The van der Waals surface area contributed by atoms with Crippen molar-refractivity contribution in [3.8, 4) is 0 Å². The van der Waals surface area contributed by atoms with E-state index in [2.05, 4.69) is 19.6 Å². The molecule has 0 aromatic heterocycles. The molecule has 0 N–H and O–H groups in total. The van der Waals surface area contributed by atoms with E-state index in [4.69, 9.17) is 0 Å². The van der Waals surface area contributed by atoms with Crippen LogP contribution in [0.2, 0.25) is 0 Å². The number of hydrogen-bond acceptors (Lipinski definition) is 4. The van der Waals surface area contributed by atoms with Crippen LogP contribution in [0, 0.1) is 5.92 Å². The van der Waals surface area contributed by atoms with Gasteiger partial charge in [0.25, 0.3) is 0 Å². The van der Waals surface area contributed by atoms with Gasteiger partial charge in [-0.05, 0) is 42.4 Å². The van der Waals surface area contributed by atoms with Crippen molar-refractivity contribution in [3.63, 3.8) is 0 Å². The lowest BCUT2D eigenvalue weighted by Gasteiger charge is -2.12. The van der Waals surface area contributed by atoms with Crippen molar-refractivity contribution in [1.82, 2.24) is 0 Å². The van der Waals surface area contributed by atoms with Gasteiger partial charge in [0.15, 0.2) is 9.84 Å². The minimum Gasteiger partial charge on any atom is -0.224 e. The summed E-state index contributed by atoms with van der Waals surface area (Å²) in [5, 5.41) is 0. The number of rotatable bonds is 7. The quantitative estimate of drug-likeness (QED) is 0.618. The van der Waals surface area contributed by atoms with Crippen LogP contribution >= 0.6 is 24.4 Å². The monoisotopic (exact) mass is 304 g/mol. The maximum absolute atomic E-state index is 11.3. The molecule has 1 unspecified atom stereocenters. The fraction of sp³-hybridized carbons (Fsp3) is 0.538. The Bertz CT molecular complexity index is 452. The first-order valence-corrected chi connectivity index (χ1v) is 9.52. The van der Waals surface area contributed by atoms with Gasteiger partial charge in [0.2, 0.25) is 0 Å². The smallest absolute Gasteiger partial charge is 0.175 e. The molecule has 0 aliphatic rings. The summed E-state index contributed by atoms with van der Waals surface area (Å²) in [6.07, 6.45) is 3.60. The lowest BCUT2D eigenvalue weighted by molar-refractivity contribution is 0.595. The molecule has 18 heavy (non-hydrogen) atoms. The Labute approximate surface area is 120 Å². The summed E-state index contributed by atoms with van der Waals surface area (Å²) in [4.78, 5) is 1.50. The zero-order valence-corrected chi connectivity index (χ0v) is 13.3. The van der Waals surface area contributed by atoms with E-state index in [-0.39, 0.29) is 0 Å². The highest BCUT2D eigenvalue weighted by atomic mass is 32.2. The topological polar surface area (TPSA) is 34.1 Å². The summed E-state index contributed by atoms with van der Waals surface area (Å²) in [6.45, 7) is 2.18. The van der Waals surface area contributed by atoms with E-state index in [0.717, 1.165) is 16.4 Å². The molecule has 1 aromatic rings. The molecule has 2 nitrogen and oxygen atoms in total. The van der Waals surface area contributed by atoms with Crippen molar-refractivity contribution >= 4 is 34.2 Å². The van der Waals surface area contributed by atoms with Crippen molar-refractivity contribution in [2.45, 2.75) is 29.6 Å². The number of benzene rings is 1. The Morgan fingerprint density at radius 1 is 1.28 bits per heavy atom. The van der Waals surface area contributed by atoms with E-state index in [1.807, 2.05) is 12.1 Å². The third-order valence-electron chi connectivity index (χ3n) is 2.69. The van der Waals surface area contributed by atoms with Crippen LogP contribution in [0.25, 0.3) is 0 Å². The standard InChI is InChI=1S/C13H20O2S3/c1-3-4-11(9-16)10-17-12-5-7-13(8-6-12)18(2,14)15/h5-8,11,16H,3-4,9-10H2,1-2H3. The largest absolute Gasteiger partial charge is 0.224 e. The Kier molecular flexibility index (Phi) is 6.60. The fourth-order valence-corrected chi connectivity index (χ4v) is 3.79. The van der Waals surface area contributed by atoms with E-state index >= 15 is 0 Å². The average Bonchev–Trinajstić information content (AvgIpc) is 2.34. The summed E-state index contributed by atoms with van der Waals surface area (Å²) in [6, 6.07) is 7.10. The Hall–Kier alpha value is -0.130. The van der Waals surface area contributed by atoms with Crippen molar-refractivity contribution in [1.29, 1.82) is 0 Å². The van der Waals surface area contributed by atoms with Crippen LogP contribution in [0.15, 0.2) is 34.1 Å². The fourth-order valence-electron chi connectivity index (χ4n) is 1.63. The van der Waals surface area contributed by atoms with Gasteiger partial charge in [-0.2, -0.15) is 12.6 Å². The highest BCUT2D eigenvalue weighted by Crippen LogP contribution is 2.24. The third-order valence-corrected chi connectivity index (χ3v) is 5.58. The first-order chi connectivity index (χ1) is 8.47. The first-order valence-electron chi connectivity index (χ1n) is 6.01. The minimum absolute atomic E-state index is 0.381. The number of thiol groups is 1. The van der Waals surface area contributed by atoms with E-state index in [1.165, 1.54) is 19.1 Å². The molecule has 1 aromatic carbocycles. The summed E-state index contributed by atoms with van der Waals surface area (Å²) >= 11 is 6.13. The van der Waals surface area contributed by atoms with Gasteiger partial charge in [-0.1, -0.05) is 13.3 Å². The summed E-state index contributed by atoms with van der Waals surface area (Å²) in [5.41, 5.74) is 0. The zero-order valence-electron chi connectivity index (χ0n) is 10.8. The predicted molar refractivity (Wildman–Crippen MR) is 82.5 cm³/mol. The van der Waals surface area contributed by atoms with E-state index < -0.39 is 9.84 Å². The first kappa shape index (κ1) is 15.9. The zero-order chi connectivity index (χ0) is 13.6. The lowest BCUT2D eigenvalue weighted by Crippen LogP contribution is -2.05. The van der Waals surface area contributed by atoms with E-state index in [0.29, 0.717) is 10.8 Å². The molecule has 0 spiro atoms. The molecule has 0 saturated heterocycles. The predicted octanol–water partition coefficient (Wildman–Crippen LogP) is 3.53. The molecule has 102 valence electrons. The van der Waals surface area contributed by atoms with Gasteiger partial charge in [-0.25, -0.2) is 8.42 Å². The van der Waals surface area contributed by atoms with Crippen molar-refractivity contribution in [2.75, 3.05) is 17.8 Å². The lowest BCUT2D eigenvalue weighted by atomic mass is 10.1. The second-order valence-electron chi connectivity index (χ2n) is 4.39. The molecule has 0 aliphatic heterocycles. The molecule has 5 heteroatoms. The highest BCUT2D eigenvalue weighted by molar-refractivity contribution is 7.99. The Morgan fingerprint density at radius 3 is 2.33 bits per heavy atom. The number of sulfone groups is 1. The van der Waals surface area contributed by atoms with Crippen LogP contribution in [0.5, 0.6) is 0 Å². The van der Waals surface area contributed by atoms with Gasteiger partial charge >= 0.3 is 0 Å². The van der Waals surface area contributed by atoms with Crippen molar-refractivity contribution < 1.29 is 8.42 Å². The SMILES string of the molecule is CCCC(CS)CSc1ccc(S(C)(=O)=O)cc1. The van der Waals surface area contributed by atoms with E-state index in [9.17, 15) is 8.42 Å². The summed E-state index contributed by atoms with van der Waals surface area (Å²) < 4.78 is 22.6. The van der Waals surface area contributed by atoms with Crippen molar-refractivity contribution in [2.24, 2.45) is 5.92 Å². The van der Waals surface area contributed by atoms with Gasteiger partial charge in [0.1, 0.15) is 0 Å². The second kappa shape index (κ2) is 7.46. The normalized spacial score (nSPS) is 13.5. The van der Waals surface area contributed by atoms with Crippen molar-refractivity contribution in [3.05, 3.63) is 24.3 Å². The van der Waals surface area contributed by atoms with Gasteiger partial charge < -0.3 is 0 Å². The van der Waals surface area contributed by atoms with Gasteiger partial charge in [-0.15, -0.1) is 11.8 Å². The molecule has 1 atom stereocenters. The average molecular weight is 305 g/mol. The van der Waals surface area contributed by atoms with Crippen LogP contribution in [-0.2, 0) is 9.84 Å². The molecule has 0 fully saturated rings. The number of hydrogen-bond donors (Lipinski definition) is 1. The van der Waals surface area contributed by atoms with Gasteiger partial charge in [0, 0.05) is 16.9 Å². The van der Waals surface area contributed by atoms with Gasteiger partial charge in [-0.3, -0.25) is 0 Å². The highest BCUT2D eigenvalue weighted by Gasteiger charge is 2.08. The molecular formula is C13H20O2S3. The van der Waals surface area contributed by atoms with Crippen LogP contribution in [-0.4, -0.2) is 26.2 Å². The molecule has 0 saturated carbocycles. The van der Waals surface area contributed by atoms with Crippen LogP contribution < -0.4 is 0 Å². The third kappa shape index (κ3) is 5.24. The molecule has 0 radical (unpaired) electrons. The minimum atomic E-state index is -3.09. The molecule has 0 bridgehead atoms. The van der Waals surface area contributed by atoms with Crippen LogP contribution in [0.4, 0.5) is 0 Å². The maximum Gasteiger partial charge on any atom is 0.175 e.